The molecule has 4 rings (SSSR count). The number of alkyl halides is 3. The van der Waals surface area contributed by atoms with Gasteiger partial charge >= 0.3 is 6.18 Å². The fourth-order valence-corrected chi connectivity index (χ4v) is 3.47. The highest BCUT2D eigenvalue weighted by atomic mass is 19.4. The average molecular weight is 443 g/mol. The van der Waals surface area contributed by atoms with E-state index in [2.05, 4.69) is 20.3 Å². The van der Waals surface area contributed by atoms with Gasteiger partial charge < -0.3 is 20.9 Å². The van der Waals surface area contributed by atoms with E-state index in [1.165, 1.54) is 12.4 Å². The summed E-state index contributed by atoms with van der Waals surface area (Å²) in [5.74, 6) is 0.111. The van der Waals surface area contributed by atoms with Crippen molar-refractivity contribution in [2.24, 2.45) is 5.73 Å². The highest BCUT2D eigenvalue weighted by Crippen LogP contribution is 2.32. The molecule has 1 fully saturated rings. The fraction of sp³-hybridized carbons (Fsp3) is 0.238. The number of carbonyl (C=O) groups excluding carboxylic acids is 1. The minimum atomic E-state index is -4.38. The van der Waals surface area contributed by atoms with Crippen molar-refractivity contribution in [2.45, 2.75) is 6.18 Å². The Morgan fingerprint density at radius 1 is 0.969 bits per heavy atom. The molecule has 1 aromatic heterocycles. The summed E-state index contributed by atoms with van der Waals surface area (Å²) in [5.41, 5.74) is 6.05. The minimum absolute atomic E-state index is 0.254. The van der Waals surface area contributed by atoms with Crippen molar-refractivity contribution < 1.29 is 18.0 Å². The van der Waals surface area contributed by atoms with Crippen LogP contribution in [-0.2, 0) is 6.18 Å². The Kier molecular flexibility index (Phi) is 5.80. The number of amides is 1. The molecule has 1 saturated heterocycles. The van der Waals surface area contributed by atoms with Gasteiger partial charge in [0.05, 0.1) is 16.8 Å². The van der Waals surface area contributed by atoms with Crippen molar-refractivity contribution in [3.8, 4) is 0 Å². The number of benzene rings is 2. The van der Waals surface area contributed by atoms with Crippen LogP contribution in [0.1, 0.15) is 15.9 Å². The molecule has 0 spiro atoms. The van der Waals surface area contributed by atoms with E-state index in [4.69, 9.17) is 5.73 Å². The number of hydrogen-bond acceptors (Lipinski definition) is 7. The van der Waals surface area contributed by atoms with E-state index in [0.29, 0.717) is 49.1 Å². The Morgan fingerprint density at radius 3 is 2.41 bits per heavy atom. The standard InChI is InChI=1S/C21H20F3N7O/c22-21(23,24)14-4-3-5-15(12-14)30-8-10-31(11-9-30)20-27-13-26-19(29-20)28-17-7-2-1-6-16(17)18(25)32/h1-7,12-13H,8-11H2,(H2,25,32)(H,26,27,28,29). The van der Waals surface area contributed by atoms with Gasteiger partial charge in [-0.15, -0.1) is 0 Å². The van der Waals surface area contributed by atoms with Gasteiger partial charge in [-0.05, 0) is 30.3 Å². The highest BCUT2D eigenvalue weighted by Gasteiger charge is 2.31. The Labute approximate surface area is 181 Å². The predicted molar refractivity (Wildman–Crippen MR) is 114 cm³/mol. The van der Waals surface area contributed by atoms with E-state index in [1.807, 2.05) is 9.80 Å². The molecule has 32 heavy (non-hydrogen) atoms. The molecule has 1 aliphatic heterocycles. The monoisotopic (exact) mass is 443 g/mol. The van der Waals surface area contributed by atoms with Crippen LogP contribution in [0.4, 0.5) is 36.4 Å². The molecule has 11 heteroatoms. The second-order valence-electron chi connectivity index (χ2n) is 7.17. The fourth-order valence-electron chi connectivity index (χ4n) is 3.47. The molecule has 0 aliphatic carbocycles. The molecule has 0 saturated carbocycles. The topological polar surface area (TPSA) is 100 Å². The summed E-state index contributed by atoms with van der Waals surface area (Å²) in [6.45, 7) is 2.08. The maximum absolute atomic E-state index is 13.0. The first-order valence-corrected chi connectivity index (χ1v) is 9.83. The molecule has 0 unspecified atom stereocenters. The summed E-state index contributed by atoms with van der Waals surface area (Å²) in [6, 6.07) is 12.1. The van der Waals surface area contributed by atoms with Crippen LogP contribution in [0.5, 0.6) is 0 Å². The van der Waals surface area contributed by atoms with Crippen LogP contribution in [0.3, 0.4) is 0 Å². The third-order valence-electron chi connectivity index (χ3n) is 5.10. The largest absolute Gasteiger partial charge is 0.416 e. The number of anilines is 4. The summed E-state index contributed by atoms with van der Waals surface area (Å²) in [5, 5.41) is 2.98. The second kappa shape index (κ2) is 8.69. The zero-order valence-electron chi connectivity index (χ0n) is 16.9. The first-order valence-electron chi connectivity index (χ1n) is 9.83. The van der Waals surface area contributed by atoms with Crippen molar-refractivity contribution in [3.63, 3.8) is 0 Å². The number of hydrogen-bond donors (Lipinski definition) is 2. The van der Waals surface area contributed by atoms with Gasteiger partial charge in [0.15, 0.2) is 0 Å². The van der Waals surface area contributed by atoms with Crippen LogP contribution in [0, 0.1) is 0 Å². The number of rotatable bonds is 5. The lowest BCUT2D eigenvalue weighted by Gasteiger charge is -2.36. The van der Waals surface area contributed by atoms with Gasteiger partial charge in [0.2, 0.25) is 11.9 Å². The lowest BCUT2D eigenvalue weighted by molar-refractivity contribution is -0.137. The number of para-hydroxylation sites is 1. The van der Waals surface area contributed by atoms with Crippen molar-refractivity contribution >= 4 is 29.2 Å². The Hall–Kier alpha value is -3.89. The van der Waals surface area contributed by atoms with Crippen LogP contribution < -0.4 is 20.9 Å². The number of nitrogens with one attached hydrogen (secondary N) is 1. The van der Waals surface area contributed by atoms with E-state index in [9.17, 15) is 18.0 Å². The first-order chi connectivity index (χ1) is 15.3. The van der Waals surface area contributed by atoms with E-state index < -0.39 is 17.6 Å². The Morgan fingerprint density at radius 2 is 1.69 bits per heavy atom. The zero-order chi connectivity index (χ0) is 22.7. The summed E-state index contributed by atoms with van der Waals surface area (Å²) < 4.78 is 39.0. The quantitative estimate of drug-likeness (QED) is 0.625. The molecule has 1 amide bonds. The summed E-state index contributed by atoms with van der Waals surface area (Å²) in [7, 11) is 0. The molecule has 0 atom stereocenters. The molecule has 1 aliphatic rings. The summed E-state index contributed by atoms with van der Waals surface area (Å²) in [6.07, 6.45) is -3.02. The minimum Gasteiger partial charge on any atom is -0.368 e. The predicted octanol–water partition coefficient (Wildman–Crippen LogP) is 3.06. The number of halogens is 3. The molecule has 2 heterocycles. The van der Waals surface area contributed by atoms with Gasteiger partial charge in [-0.2, -0.15) is 18.2 Å². The second-order valence-corrected chi connectivity index (χ2v) is 7.17. The number of nitrogens with zero attached hydrogens (tertiary/aromatic N) is 5. The lowest BCUT2D eigenvalue weighted by atomic mass is 10.1. The van der Waals surface area contributed by atoms with Crippen molar-refractivity contribution in [1.82, 2.24) is 15.0 Å². The van der Waals surface area contributed by atoms with Gasteiger partial charge in [0.25, 0.3) is 5.91 Å². The molecule has 2 aromatic carbocycles. The summed E-state index contributed by atoms with van der Waals surface area (Å²) in [4.78, 5) is 28.1. The van der Waals surface area contributed by atoms with Gasteiger partial charge in [-0.25, -0.2) is 9.97 Å². The van der Waals surface area contributed by atoms with Crippen molar-refractivity contribution in [2.75, 3.05) is 41.3 Å². The van der Waals surface area contributed by atoms with E-state index >= 15 is 0 Å². The van der Waals surface area contributed by atoms with Crippen molar-refractivity contribution in [3.05, 3.63) is 66.0 Å². The SMILES string of the molecule is NC(=O)c1ccccc1Nc1ncnc(N2CCN(c3cccc(C(F)(F)F)c3)CC2)n1. The average Bonchev–Trinajstić information content (AvgIpc) is 2.79. The number of carbonyl (C=O) groups is 1. The smallest absolute Gasteiger partial charge is 0.368 e. The normalized spacial score (nSPS) is 14.3. The molecule has 3 aromatic rings. The van der Waals surface area contributed by atoms with Crippen LogP contribution >= 0.6 is 0 Å². The molecule has 0 radical (unpaired) electrons. The van der Waals surface area contributed by atoms with Gasteiger partial charge in [-0.1, -0.05) is 18.2 Å². The highest BCUT2D eigenvalue weighted by molar-refractivity contribution is 5.98. The van der Waals surface area contributed by atoms with Crippen molar-refractivity contribution in [1.29, 1.82) is 0 Å². The van der Waals surface area contributed by atoms with E-state index in [-0.39, 0.29) is 5.95 Å². The lowest BCUT2D eigenvalue weighted by Crippen LogP contribution is -2.47. The summed E-state index contributed by atoms with van der Waals surface area (Å²) >= 11 is 0. The van der Waals surface area contributed by atoms with Crippen LogP contribution in [0.25, 0.3) is 0 Å². The van der Waals surface area contributed by atoms with Gasteiger partial charge in [0, 0.05) is 31.9 Å². The number of aromatic nitrogens is 3. The zero-order valence-corrected chi connectivity index (χ0v) is 16.9. The third kappa shape index (κ3) is 4.71. The third-order valence-corrected chi connectivity index (χ3v) is 5.10. The molecule has 3 N–H and O–H groups in total. The molecule has 0 bridgehead atoms. The number of nitrogens with two attached hydrogens (primary N) is 1. The van der Waals surface area contributed by atoms with E-state index in [1.54, 1.807) is 30.3 Å². The Bertz CT molecular complexity index is 1110. The van der Waals surface area contributed by atoms with Gasteiger partial charge in [0.1, 0.15) is 6.33 Å². The van der Waals surface area contributed by atoms with Crippen LogP contribution in [0.2, 0.25) is 0 Å². The molecular formula is C21H20F3N7O. The molecule has 8 nitrogen and oxygen atoms in total. The van der Waals surface area contributed by atoms with Gasteiger partial charge in [-0.3, -0.25) is 4.79 Å². The maximum atomic E-state index is 13.0. The Balaban J connectivity index is 1.44. The number of primary amides is 1. The molecule has 166 valence electrons. The van der Waals surface area contributed by atoms with Crippen LogP contribution in [0.15, 0.2) is 54.9 Å². The maximum Gasteiger partial charge on any atom is 0.416 e. The van der Waals surface area contributed by atoms with Crippen LogP contribution in [-0.4, -0.2) is 47.0 Å². The first kappa shape index (κ1) is 21.3. The van der Waals surface area contributed by atoms with E-state index in [0.717, 1.165) is 12.1 Å². The molecular weight excluding hydrogens is 423 g/mol. The number of piperazine rings is 1.